The highest BCUT2D eigenvalue weighted by atomic mass is 32.2. The van der Waals surface area contributed by atoms with Gasteiger partial charge in [-0.25, -0.2) is 0 Å². The van der Waals surface area contributed by atoms with Crippen molar-refractivity contribution in [2.75, 3.05) is 12.9 Å². The van der Waals surface area contributed by atoms with Crippen LogP contribution >= 0.6 is 0 Å². The molecule has 7 heteroatoms. The molecule has 1 N–H and O–H groups in total. The second-order valence-corrected chi connectivity index (χ2v) is 5.54. The van der Waals surface area contributed by atoms with Crippen molar-refractivity contribution in [2.24, 2.45) is 0 Å². The lowest BCUT2D eigenvalue weighted by molar-refractivity contribution is 0.0879. The molecule has 0 unspecified atom stereocenters. The molecular formula is C11H11NO5S. The Balaban J connectivity index is 2.21. The quantitative estimate of drug-likeness (QED) is 0.618. The Kier molecular flexibility index (Phi) is 3.18. The van der Waals surface area contributed by atoms with Gasteiger partial charge in [-0.1, -0.05) is 12.1 Å². The summed E-state index contributed by atoms with van der Waals surface area (Å²) in [5, 5.41) is 2.19. The first-order valence-corrected chi connectivity index (χ1v) is 7.02. The van der Waals surface area contributed by atoms with E-state index < -0.39 is 21.9 Å². The Labute approximate surface area is 104 Å². The van der Waals surface area contributed by atoms with Crippen LogP contribution in [0, 0.1) is 0 Å². The molecule has 0 fully saturated rings. The van der Waals surface area contributed by atoms with Crippen molar-refractivity contribution < 1.29 is 22.2 Å². The van der Waals surface area contributed by atoms with Crippen LogP contribution in [0.4, 0.5) is 0 Å². The fourth-order valence-electron chi connectivity index (χ4n) is 1.80. The van der Waals surface area contributed by atoms with Gasteiger partial charge in [-0.05, 0) is 18.1 Å². The average Bonchev–Trinajstić information content (AvgIpc) is 2.54. The van der Waals surface area contributed by atoms with Gasteiger partial charge in [0.2, 0.25) is 0 Å². The van der Waals surface area contributed by atoms with Gasteiger partial charge in [0, 0.05) is 0 Å². The van der Waals surface area contributed by atoms with Gasteiger partial charge in [0.25, 0.3) is 21.9 Å². The second-order valence-electron chi connectivity index (χ2n) is 3.90. The third kappa shape index (κ3) is 2.57. The first kappa shape index (κ1) is 12.7. The van der Waals surface area contributed by atoms with Crippen LogP contribution in [0.2, 0.25) is 0 Å². The topological polar surface area (TPSA) is 89.5 Å². The van der Waals surface area contributed by atoms with E-state index >= 15 is 0 Å². The van der Waals surface area contributed by atoms with Crippen molar-refractivity contribution >= 4 is 21.9 Å². The molecule has 0 atom stereocenters. The van der Waals surface area contributed by atoms with Crippen molar-refractivity contribution in [1.29, 1.82) is 0 Å². The number of hydrogen-bond acceptors (Lipinski definition) is 5. The maximum absolute atomic E-state index is 11.6. The van der Waals surface area contributed by atoms with Crippen molar-refractivity contribution in [3.05, 3.63) is 34.9 Å². The number of benzene rings is 1. The number of rotatable bonds is 4. The van der Waals surface area contributed by atoms with Gasteiger partial charge >= 0.3 is 0 Å². The Bertz CT molecular complexity index is 620. The SMILES string of the molecule is CS(=O)(=O)OCCc1cccc2c1C(=O)NC2=O. The minimum Gasteiger partial charge on any atom is -0.288 e. The molecule has 1 aliphatic rings. The average molecular weight is 269 g/mol. The van der Waals surface area contributed by atoms with Crippen LogP contribution in [0.3, 0.4) is 0 Å². The van der Waals surface area contributed by atoms with Crippen LogP contribution in [-0.2, 0) is 20.7 Å². The van der Waals surface area contributed by atoms with E-state index in [1.54, 1.807) is 18.2 Å². The number of hydrogen-bond donors (Lipinski definition) is 1. The number of imide groups is 1. The summed E-state index contributed by atoms with van der Waals surface area (Å²) in [5.41, 5.74) is 1.22. The summed E-state index contributed by atoms with van der Waals surface area (Å²) in [6, 6.07) is 4.87. The fourth-order valence-corrected chi connectivity index (χ4v) is 2.19. The molecule has 96 valence electrons. The molecule has 1 aromatic carbocycles. The molecule has 6 nitrogen and oxygen atoms in total. The normalized spacial score (nSPS) is 14.5. The standard InChI is InChI=1S/C11H11NO5S/c1-18(15,16)17-6-5-7-3-2-4-8-9(7)11(14)12-10(8)13/h2-4H,5-6H2,1H3,(H,12,13,14). The molecule has 0 radical (unpaired) electrons. The van der Waals surface area contributed by atoms with Crippen molar-refractivity contribution in [2.45, 2.75) is 6.42 Å². The van der Waals surface area contributed by atoms with E-state index in [0.29, 0.717) is 16.7 Å². The fraction of sp³-hybridized carbons (Fsp3) is 0.273. The summed E-state index contributed by atoms with van der Waals surface area (Å²) in [6.07, 6.45) is 1.20. The Hall–Kier alpha value is -1.73. The first-order valence-electron chi connectivity index (χ1n) is 5.20. The molecule has 0 saturated carbocycles. The summed E-state index contributed by atoms with van der Waals surface area (Å²) in [7, 11) is -3.50. The van der Waals surface area contributed by atoms with Crippen LogP contribution in [-0.4, -0.2) is 33.1 Å². The molecule has 0 bridgehead atoms. The zero-order valence-corrected chi connectivity index (χ0v) is 10.4. The molecule has 1 aromatic rings. The largest absolute Gasteiger partial charge is 0.288 e. The molecule has 0 aliphatic carbocycles. The maximum atomic E-state index is 11.6. The smallest absolute Gasteiger partial charge is 0.264 e. The lowest BCUT2D eigenvalue weighted by Gasteiger charge is -2.05. The van der Waals surface area contributed by atoms with Crippen LogP contribution in [0.15, 0.2) is 18.2 Å². The number of carbonyl (C=O) groups is 2. The van der Waals surface area contributed by atoms with E-state index in [0.717, 1.165) is 6.26 Å². The molecule has 1 aliphatic heterocycles. The Morgan fingerprint density at radius 1 is 1.22 bits per heavy atom. The van der Waals surface area contributed by atoms with Gasteiger partial charge in [0.1, 0.15) is 0 Å². The summed E-state index contributed by atoms with van der Waals surface area (Å²) >= 11 is 0. The van der Waals surface area contributed by atoms with Crippen LogP contribution < -0.4 is 5.32 Å². The number of fused-ring (bicyclic) bond motifs is 1. The molecule has 2 rings (SSSR count). The van der Waals surface area contributed by atoms with Gasteiger partial charge < -0.3 is 0 Å². The zero-order chi connectivity index (χ0) is 13.3. The van der Waals surface area contributed by atoms with Crippen molar-refractivity contribution in [3.8, 4) is 0 Å². The molecule has 18 heavy (non-hydrogen) atoms. The molecule has 2 amide bonds. The highest BCUT2D eigenvalue weighted by Crippen LogP contribution is 2.20. The third-order valence-corrected chi connectivity index (χ3v) is 3.11. The van der Waals surface area contributed by atoms with E-state index in [4.69, 9.17) is 0 Å². The minimum absolute atomic E-state index is 0.0588. The minimum atomic E-state index is -3.50. The lowest BCUT2D eigenvalue weighted by atomic mass is 10.0. The molecule has 0 saturated heterocycles. The summed E-state index contributed by atoms with van der Waals surface area (Å²) in [5.74, 6) is -0.883. The Morgan fingerprint density at radius 2 is 1.94 bits per heavy atom. The third-order valence-electron chi connectivity index (χ3n) is 2.52. The van der Waals surface area contributed by atoms with Crippen LogP contribution in [0.5, 0.6) is 0 Å². The van der Waals surface area contributed by atoms with Crippen LogP contribution in [0.25, 0.3) is 0 Å². The predicted octanol–water partition coefficient (Wildman–Crippen LogP) is 0.0889. The van der Waals surface area contributed by atoms with Crippen LogP contribution in [0.1, 0.15) is 26.3 Å². The van der Waals surface area contributed by atoms with E-state index in [1.807, 2.05) is 0 Å². The zero-order valence-electron chi connectivity index (χ0n) is 9.60. The summed E-state index contributed by atoms with van der Waals surface area (Å²) < 4.78 is 26.2. The molecule has 1 heterocycles. The van der Waals surface area contributed by atoms with E-state index in [2.05, 4.69) is 9.50 Å². The maximum Gasteiger partial charge on any atom is 0.264 e. The lowest BCUT2D eigenvalue weighted by Crippen LogP contribution is -2.20. The number of carbonyl (C=O) groups excluding carboxylic acids is 2. The second kappa shape index (κ2) is 4.51. The summed E-state index contributed by atoms with van der Waals surface area (Å²) in [6.45, 7) is -0.0588. The van der Waals surface area contributed by atoms with Gasteiger partial charge in [-0.2, -0.15) is 8.42 Å². The molecule has 0 spiro atoms. The molecule has 0 aromatic heterocycles. The van der Waals surface area contributed by atoms with E-state index in [9.17, 15) is 18.0 Å². The highest BCUT2D eigenvalue weighted by molar-refractivity contribution is 7.85. The highest BCUT2D eigenvalue weighted by Gasteiger charge is 2.28. The Morgan fingerprint density at radius 3 is 2.61 bits per heavy atom. The molecular weight excluding hydrogens is 258 g/mol. The summed E-state index contributed by atoms with van der Waals surface area (Å²) in [4.78, 5) is 23.0. The van der Waals surface area contributed by atoms with Gasteiger partial charge in [0.15, 0.2) is 0 Å². The first-order chi connectivity index (χ1) is 8.38. The predicted molar refractivity (Wildman–Crippen MR) is 62.7 cm³/mol. The van der Waals surface area contributed by atoms with Gasteiger partial charge in [-0.3, -0.25) is 19.1 Å². The monoisotopic (exact) mass is 269 g/mol. The van der Waals surface area contributed by atoms with Gasteiger partial charge in [-0.15, -0.1) is 0 Å². The number of amides is 2. The van der Waals surface area contributed by atoms with Crippen molar-refractivity contribution in [3.63, 3.8) is 0 Å². The van der Waals surface area contributed by atoms with Gasteiger partial charge in [0.05, 0.1) is 24.0 Å². The van der Waals surface area contributed by atoms with E-state index in [-0.39, 0.29) is 13.0 Å². The number of nitrogens with one attached hydrogen (secondary N) is 1. The van der Waals surface area contributed by atoms with Crippen molar-refractivity contribution in [1.82, 2.24) is 5.32 Å². The van der Waals surface area contributed by atoms with E-state index in [1.165, 1.54) is 0 Å².